The first-order valence-corrected chi connectivity index (χ1v) is 13.3. The van der Waals surface area contributed by atoms with Gasteiger partial charge in [-0.05, 0) is 20.8 Å². The molecule has 3 aliphatic rings. The number of rotatable bonds is 7. The maximum Gasteiger partial charge on any atom is 0.345 e. The second kappa shape index (κ2) is 9.10. The molecule has 0 radical (unpaired) electrons. The number of carbonyl (C=O) groups is 4. The first-order chi connectivity index (χ1) is 15.0. The molecule has 0 aliphatic carbocycles. The molecule has 10 nitrogen and oxygen atoms in total. The van der Waals surface area contributed by atoms with Crippen molar-refractivity contribution in [2.45, 2.75) is 43.0 Å². The van der Waals surface area contributed by atoms with Gasteiger partial charge in [0, 0.05) is 11.5 Å². The lowest BCUT2D eigenvalue weighted by atomic mass is 9.96. The molecular weight excluding hydrogens is 480 g/mol. The van der Waals surface area contributed by atoms with Gasteiger partial charge in [-0.2, -0.15) is 0 Å². The molecule has 13 heteroatoms. The number of hydrogen-bond acceptors (Lipinski definition) is 10. The molecule has 3 rings (SSSR count). The Bertz CT molecular complexity index is 996. The lowest BCUT2D eigenvalue weighted by Crippen LogP contribution is -2.72. The summed E-state index contributed by atoms with van der Waals surface area (Å²) >= 11 is 2.63. The summed E-state index contributed by atoms with van der Waals surface area (Å²) in [6.07, 6.45) is 1.33. The fourth-order valence-corrected chi connectivity index (χ4v) is 8.50. The molecule has 3 fully saturated rings. The molecule has 3 atom stereocenters. The fraction of sp³-hybridized carbons (Fsp3) is 0.579. The van der Waals surface area contributed by atoms with Crippen molar-refractivity contribution in [1.29, 1.82) is 0 Å². The average molecular weight is 505 g/mol. The minimum atomic E-state index is -4.07. The van der Waals surface area contributed by atoms with Crippen molar-refractivity contribution in [2.24, 2.45) is 0 Å². The molecule has 0 aromatic heterocycles. The van der Waals surface area contributed by atoms with Crippen molar-refractivity contribution >= 4 is 57.1 Å². The lowest BCUT2D eigenvalue weighted by molar-refractivity contribution is -0.163. The quantitative estimate of drug-likeness (QED) is 0.128. The molecule has 0 aromatic rings. The van der Waals surface area contributed by atoms with Crippen LogP contribution in [0, 0.1) is 0 Å². The van der Waals surface area contributed by atoms with Crippen LogP contribution in [0.4, 0.5) is 0 Å². The van der Waals surface area contributed by atoms with Gasteiger partial charge in [-0.15, -0.1) is 23.5 Å². The highest BCUT2D eigenvalue weighted by Crippen LogP contribution is 2.46. The number of thioether (sulfide) groups is 2. The standard InChI is InChI=1S/C19H24N2O8S3/c1-5-7-29-17(25)12-19(3,4)32(26,27)15-11(14(23)21(12)15)20-13(22)10(16(24)28-6-2)18-30-8-9-31-18/h5,11-12,15H,1,6-9H2,2-4H3,(H,20,22)/t11-,12?,15+/m1/s1. The zero-order valence-corrected chi connectivity index (χ0v) is 20.2. The van der Waals surface area contributed by atoms with Crippen molar-refractivity contribution in [1.82, 2.24) is 10.2 Å². The summed E-state index contributed by atoms with van der Waals surface area (Å²) in [6, 6.07) is -2.78. The van der Waals surface area contributed by atoms with E-state index in [1.54, 1.807) is 6.92 Å². The summed E-state index contributed by atoms with van der Waals surface area (Å²) in [5, 5.41) is 0.950. The summed E-state index contributed by atoms with van der Waals surface area (Å²) in [5.74, 6) is -1.93. The van der Waals surface area contributed by atoms with E-state index in [9.17, 15) is 27.6 Å². The van der Waals surface area contributed by atoms with Crippen LogP contribution < -0.4 is 5.32 Å². The van der Waals surface area contributed by atoms with Gasteiger partial charge >= 0.3 is 11.9 Å². The van der Waals surface area contributed by atoms with Crippen molar-refractivity contribution < 1.29 is 37.1 Å². The second-order valence-electron chi connectivity index (χ2n) is 7.64. The van der Waals surface area contributed by atoms with Crippen molar-refractivity contribution in [3.8, 4) is 0 Å². The first-order valence-electron chi connectivity index (χ1n) is 9.81. The van der Waals surface area contributed by atoms with Crippen molar-refractivity contribution in [2.75, 3.05) is 24.7 Å². The summed E-state index contributed by atoms with van der Waals surface area (Å²) in [5.41, 5.74) is -0.248. The minimum absolute atomic E-state index is 0.0497. The molecule has 2 amide bonds. The molecule has 0 bridgehead atoms. The predicted octanol–water partition coefficient (Wildman–Crippen LogP) is 0.199. The number of sulfone groups is 1. The third-order valence-corrected chi connectivity index (χ3v) is 10.9. The number of amides is 2. The van der Waals surface area contributed by atoms with Crippen LogP contribution in [0.2, 0.25) is 0 Å². The van der Waals surface area contributed by atoms with E-state index in [2.05, 4.69) is 11.9 Å². The molecule has 176 valence electrons. The Hall–Kier alpha value is -1.99. The SMILES string of the molecule is C=CCOC(=O)C1N2C(=O)[C@@H](NC(=O)C(C(=O)OCC)=C3SCCS3)[C@@H]2S(=O)(=O)C1(C)C. The molecule has 0 aromatic carbocycles. The van der Waals surface area contributed by atoms with E-state index < -0.39 is 55.8 Å². The lowest BCUT2D eigenvalue weighted by Gasteiger charge is -2.43. The highest BCUT2D eigenvalue weighted by molar-refractivity contribution is 8.25. The average Bonchev–Trinajstić information content (AvgIpc) is 3.28. The van der Waals surface area contributed by atoms with Gasteiger partial charge in [0.1, 0.15) is 29.0 Å². The van der Waals surface area contributed by atoms with Crippen LogP contribution in [0.15, 0.2) is 22.5 Å². The zero-order valence-electron chi connectivity index (χ0n) is 17.8. The van der Waals surface area contributed by atoms with Gasteiger partial charge < -0.3 is 19.7 Å². The molecule has 3 aliphatic heterocycles. The molecule has 0 spiro atoms. The van der Waals surface area contributed by atoms with E-state index in [1.165, 1.54) is 43.4 Å². The Morgan fingerprint density at radius 2 is 1.88 bits per heavy atom. The maximum atomic E-state index is 13.2. The third kappa shape index (κ3) is 3.83. The van der Waals surface area contributed by atoms with Crippen LogP contribution in [0.3, 0.4) is 0 Å². The van der Waals surface area contributed by atoms with Gasteiger partial charge in [0.2, 0.25) is 5.91 Å². The number of hydrogen-bond donors (Lipinski definition) is 1. The maximum absolute atomic E-state index is 13.2. The van der Waals surface area contributed by atoms with Crippen LogP contribution in [0.25, 0.3) is 0 Å². The summed E-state index contributed by atoms with van der Waals surface area (Å²) in [4.78, 5) is 51.7. The van der Waals surface area contributed by atoms with E-state index in [-0.39, 0.29) is 18.8 Å². The van der Waals surface area contributed by atoms with Gasteiger partial charge in [0.25, 0.3) is 5.91 Å². The van der Waals surface area contributed by atoms with E-state index >= 15 is 0 Å². The van der Waals surface area contributed by atoms with Crippen molar-refractivity contribution in [3.05, 3.63) is 22.5 Å². The van der Waals surface area contributed by atoms with Gasteiger partial charge in [-0.25, -0.2) is 18.0 Å². The normalized spacial score (nSPS) is 27.2. The Morgan fingerprint density at radius 1 is 1.25 bits per heavy atom. The molecule has 1 N–H and O–H groups in total. The van der Waals surface area contributed by atoms with E-state index in [1.807, 2.05) is 0 Å². The Balaban J connectivity index is 1.88. The van der Waals surface area contributed by atoms with E-state index in [4.69, 9.17) is 9.47 Å². The second-order valence-corrected chi connectivity index (χ2v) is 12.7. The monoisotopic (exact) mass is 504 g/mol. The van der Waals surface area contributed by atoms with E-state index in [0.29, 0.717) is 15.7 Å². The Morgan fingerprint density at radius 3 is 2.44 bits per heavy atom. The highest BCUT2D eigenvalue weighted by atomic mass is 32.2. The predicted molar refractivity (Wildman–Crippen MR) is 119 cm³/mol. The molecule has 32 heavy (non-hydrogen) atoms. The number of carbonyl (C=O) groups excluding carboxylic acids is 4. The number of ether oxygens (including phenoxy) is 2. The molecular formula is C19H24N2O8S3. The largest absolute Gasteiger partial charge is 0.462 e. The number of β-lactam (4-membered cyclic amide) rings is 1. The van der Waals surface area contributed by atoms with Gasteiger partial charge in [0.05, 0.1) is 10.8 Å². The Kier molecular flexibility index (Phi) is 7.01. The van der Waals surface area contributed by atoms with Crippen LogP contribution >= 0.6 is 23.5 Å². The molecule has 1 unspecified atom stereocenters. The smallest absolute Gasteiger partial charge is 0.345 e. The zero-order chi connectivity index (χ0) is 23.8. The number of nitrogens with zero attached hydrogens (tertiary/aromatic N) is 1. The van der Waals surface area contributed by atoms with Gasteiger partial charge in [0.15, 0.2) is 15.2 Å². The molecule has 0 saturated carbocycles. The number of fused-ring (bicyclic) bond motifs is 1. The van der Waals surface area contributed by atoms with Gasteiger partial charge in [-0.3, -0.25) is 9.59 Å². The molecule has 3 heterocycles. The van der Waals surface area contributed by atoms with Crippen molar-refractivity contribution in [3.63, 3.8) is 0 Å². The van der Waals surface area contributed by atoms with Gasteiger partial charge in [-0.1, -0.05) is 12.7 Å². The van der Waals surface area contributed by atoms with Crippen LogP contribution in [0.5, 0.6) is 0 Å². The number of esters is 2. The third-order valence-electron chi connectivity index (χ3n) is 5.38. The van der Waals surface area contributed by atoms with Crippen LogP contribution in [-0.2, 0) is 38.5 Å². The summed E-state index contributed by atoms with van der Waals surface area (Å²) < 4.78 is 35.2. The number of nitrogens with one attached hydrogen (secondary N) is 1. The van der Waals surface area contributed by atoms with Crippen LogP contribution in [0.1, 0.15) is 20.8 Å². The highest BCUT2D eigenvalue weighted by Gasteiger charge is 2.72. The molecule has 3 saturated heterocycles. The topological polar surface area (TPSA) is 136 Å². The van der Waals surface area contributed by atoms with Crippen LogP contribution in [-0.4, -0.2) is 84.0 Å². The summed E-state index contributed by atoms with van der Waals surface area (Å²) in [7, 11) is -4.07. The minimum Gasteiger partial charge on any atom is -0.462 e. The van der Waals surface area contributed by atoms with E-state index in [0.717, 1.165) is 4.90 Å². The fourth-order valence-electron chi connectivity index (χ4n) is 3.78. The summed E-state index contributed by atoms with van der Waals surface area (Å²) in [6.45, 7) is 7.63. The Labute approximate surface area is 194 Å². The first kappa shape index (κ1) is 24.6.